The van der Waals surface area contributed by atoms with Gasteiger partial charge in [0.05, 0.1) is 11.6 Å². The van der Waals surface area contributed by atoms with Crippen molar-refractivity contribution in [2.75, 3.05) is 6.54 Å². The summed E-state index contributed by atoms with van der Waals surface area (Å²) in [6, 6.07) is 16.6. The van der Waals surface area contributed by atoms with E-state index in [4.69, 9.17) is 0 Å². The van der Waals surface area contributed by atoms with Gasteiger partial charge in [-0.05, 0) is 72.3 Å². The molecule has 0 unspecified atom stereocenters. The number of benzene rings is 2. The van der Waals surface area contributed by atoms with Crippen molar-refractivity contribution in [1.82, 2.24) is 30.1 Å². The van der Waals surface area contributed by atoms with E-state index in [-0.39, 0.29) is 17.6 Å². The summed E-state index contributed by atoms with van der Waals surface area (Å²) in [5.74, 6) is 0.754. The lowest BCUT2D eigenvalue weighted by molar-refractivity contribution is 0.204. The van der Waals surface area contributed by atoms with E-state index in [0.717, 1.165) is 41.7 Å². The molecule has 0 radical (unpaired) electrons. The minimum atomic E-state index is -0.355. The molecule has 0 aliphatic heterocycles. The molecule has 1 aliphatic rings. The van der Waals surface area contributed by atoms with Gasteiger partial charge in [0, 0.05) is 12.1 Å². The fourth-order valence-corrected chi connectivity index (χ4v) is 5.58. The molecule has 2 heterocycles. The van der Waals surface area contributed by atoms with Gasteiger partial charge < -0.3 is 4.98 Å². The van der Waals surface area contributed by atoms with Crippen LogP contribution in [0.15, 0.2) is 53.3 Å². The summed E-state index contributed by atoms with van der Waals surface area (Å²) >= 11 is 0. The number of aromatic nitrogens is 5. The van der Waals surface area contributed by atoms with Crippen molar-refractivity contribution in [3.05, 3.63) is 87.0 Å². The zero-order valence-corrected chi connectivity index (χ0v) is 20.9. The SMILES string of the molecule is CCN(Cc1ccccc1)[C@H](c1cc2cc(C)cc(C)c2[nH]c1=O)c1nnnn1C1CCCCC1. The van der Waals surface area contributed by atoms with Crippen LogP contribution in [0.4, 0.5) is 0 Å². The fraction of sp³-hybridized carbons (Fsp3) is 0.429. The third-order valence-corrected chi connectivity index (χ3v) is 7.30. The average molecular weight is 471 g/mol. The van der Waals surface area contributed by atoms with Crippen LogP contribution in [0.25, 0.3) is 10.9 Å². The van der Waals surface area contributed by atoms with Crippen LogP contribution in [0, 0.1) is 13.8 Å². The van der Waals surface area contributed by atoms with Crippen LogP contribution in [0.2, 0.25) is 0 Å². The smallest absolute Gasteiger partial charge is 0.253 e. The molecule has 1 atom stereocenters. The minimum Gasteiger partial charge on any atom is -0.321 e. The molecule has 35 heavy (non-hydrogen) atoms. The Balaban J connectivity index is 1.67. The highest BCUT2D eigenvalue weighted by Gasteiger charge is 2.32. The number of rotatable bonds is 7. The number of fused-ring (bicyclic) bond motifs is 1. The van der Waals surface area contributed by atoms with Crippen molar-refractivity contribution in [3.8, 4) is 0 Å². The first-order valence-corrected chi connectivity index (χ1v) is 12.7. The average Bonchev–Trinajstić information content (AvgIpc) is 3.35. The Bertz CT molecular complexity index is 1350. The summed E-state index contributed by atoms with van der Waals surface area (Å²) in [6.45, 7) is 7.71. The van der Waals surface area contributed by atoms with Gasteiger partial charge in [0.15, 0.2) is 5.82 Å². The molecule has 0 spiro atoms. The molecule has 4 aromatic rings. The second-order valence-electron chi connectivity index (χ2n) is 9.82. The second-order valence-corrected chi connectivity index (χ2v) is 9.82. The van der Waals surface area contributed by atoms with E-state index in [1.807, 2.05) is 23.7 Å². The van der Waals surface area contributed by atoms with E-state index >= 15 is 0 Å². The van der Waals surface area contributed by atoms with Gasteiger partial charge in [-0.2, -0.15) is 0 Å². The van der Waals surface area contributed by atoms with Gasteiger partial charge in [0.2, 0.25) is 0 Å². The first-order valence-electron chi connectivity index (χ1n) is 12.7. The molecule has 182 valence electrons. The number of hydrogen-bond donors (Lipinski definition) is 1. The van der Waals surface area contributed by atoms with Gasteiger partial charge in [0.1, 0.15) is 6.04 Å². The number of pyridine rings is 1. The van der Waals surface area contributed by atoms with Crippen molar-refractivity contribution in [3.63, 3.8) is 0 Å². The van der Waals surface area contributed by atoms with Crippen LogP contribution in [0.3, 0.4) is 0 Å². The van der Waals surface area contributed by atoms with E-state index in [1.165, 1.54) is 30.4 Å². The van der Waals surface area contributed by atoms with Crippen molar-refractivity contribution < 1.29 is 0 Å². The largest absolute Gasteiger partial charge is 0.321 e. The van der Waals surface area contributed by atoms with Crippen LogP contribution in [0.5, 0.6) is 0 Å². The number of tetrazole rings is 1. The molecular formula is C28H34N6O. The molecule has 2 aromatic carbocycles. The Kier molecular flexibility index (Phi) is 6.77. The van der Waals surface area contributed by atoms with Crippen molar-refractivity contribution in [1.29, 1.82) is 0 Å². The lowest BCUT2D eigenvalue weighted by atomic mass is 9.95. The second kappa shape index (κ2) is 10.1. The highest BCUT2D eigenvalue weighted by Crippen LogP contribution is 2.34. The molecule has 7 heteroatoms. The van der Waals surface area contributed by atoms with Crippen molar-refractivity contribution >= 4 is 10.9 Å². The van der Waals surface area contributed by atoms with Gasteiger partial charge in [-0.1, -0.05) is 68.1 Å². The molecule has 0 saturated heterocycles. The van der Waals surface area contributed by atoms with Crippen LogP contribution in [0.1, 0.15) is 79.2 Å². The third-order valence-electron chi connectivity index (χ3n) is 7.30. The Morgan fingerprint density at radius 2 is 1.86 bits per heavy atom. The standard InChI is InChI=1S/C28H34N6O/c1-4-33(18-21-11-7-5-8-12-21)26(27-30-31-32-34(27)23-13-9-6-10-14-23)24-17-22-16-19(2)15-20(3)25(22)29-28(24)35/h5,7-8,11-12,15-17,23,26H,4,6,9-10,13-14,18H2,1-3H3,(H,29,35)/t26-/m1/s1. The van der Waals surface area contributed by atoms with Gasteiger partial charge in [-0.15, -0.1) is 5.10 Å². The first-order chi connectivity index (χ1) is 17.0. The highest BCUT2D eigenvalue weighted by molar-refractivity contribution is 5.83. The number of H-pyrrole nitrogens is 1. The molecule has 0 bridgehead atoms. The van der Waals surface area contributed by atoms with Crippen LogP contribution >= 0.6 is 0 Å². The van der Waals surface area contributed by atoms with E-state index in [2.05, 4.69) is 75.7 Å². The monoisotopic (exact) mass is 470 g/mol. The van der Waals surface area contributed by atoms with E-state index in [1.54, 1.807) is 0 Å². The summed E-state index contributed by atoms with van der Waals surface area (Å²) in [5.41, 5.74) is 4.93. The lowest BCUT2D eigenvalue weighted by Crippen LogP contribution is -2.35. The molecule has 1 saturated carbocycles. The third kappa shape index (κ3) is 4.78. The Hall–Kier alpha value is -3.32. The molecule has 5 rings (SSSR count). The maximum atomic E-state index is 13.6. The number of aryl methyl sites for hydroxylation is 2. The number of hydrogen-bond acceptors (Lipinski definition) is 5. The van der Waals surface area contributed by atoms with Crippen molar-refractivity contribution in [2.24, 2.45) is 0 Å². The summed E-state index contributed by atoms with van der Waals surface area (Å²) in [4.78, 5) is 19.1. The van der Waals surface area contributed by atoms with Crippen LogP contribution in [-0.4, -0.2) is 36.6 Å². The zero-order valence-electron chi connectivity index (χ0n) is 20.9. The summed E-state index contributed by atoms with van der Waals surface area (Å²) in [6.07, 6.45) is 5.77. The number of aromatic amines is 1. The minimum absolute atomic E-state index is 0.0841. The quantitative estimate of drug-likeness (QED) is 0.399. The number of nitrogens with zero attached hydrogens (tertiary/aromatic N) is 5. The molecular weight excluding hydrogens is 436 g/mol. The topological polar surface area (TPSA) is 79.7 Å². The van der Waals surface area contributed by atoms with Gasteiger partial charge in [0.25, 0.3) is 5.56 Å². The predicted molar refractivity (Wildman–Crippen MR) is 138 cm³/mol. The lowest BCUT2D eigenvalue weighted by Gasteiger charge is -2.32. The first kappa shape index (κ1) is 23.4. The maximum Gasteiger partial charge on any atom is 0.253 e. The van der Waals surface area contributed by atoms with Crippen molar-refractivity contribution in [2.45, 2.75) is 71.5 Å². The van der Waals surface area contributed by atoms with Gasteiger partial charge in [-0.3, -0.25) is 9.69 Å². The molecule has 1 aliphatic carbocycles. The van der Waals surface area contributed by atoms with E-state index < -0.39 is 0 Å². The predicted octanol–water partition coefficient (Wildman–Crippen LogP) is 5.25. The molecule has 7 nitrogen and oxygen atoms in total. The Morgan fingerprint density at radius 1 is 1.09 bits per heavy atom. The Labute approximate surface area is 206 Å². The highest BCUT2D eigenvalue weighted by atomic mass is 16.1. The summed E-state index contributed by atoms with van der Waals surface area (Å²) in [5, 5.41) is 14.1. The fourth-order valence-electron chi connectivity index (χ4n) is 5.58. The molecule has 1 N–H and O–H groups in total. The summed E-state index contributed by atoms with van der Waals surface area (Å²) < 4.78 is 2.00. The van der Waals surface area contributed by atoms with Gasteiger partial charge >= 0.3 is 0 Å². The molecule has 1 fully saturated rings. The van der Waals surface area contributed by atoms with Crippen LogP contribution in [-0.2, 0) is 6.54 Å². The maximum absolute atomic E-state index is 13.6. The van der Waals surface area contributed by atoms with Gasteiger partial charge in [-0.25, -0.2) is 4.68 Å². The molecule has 2 aromatic heterocycles. The normalized spacial score (nSPS) is 15.7. The summed E-state index contributed by atoms with van der Waals surface area (Å²) in [7, 11) is 0. The molecule has 0 amide bonds. The number of nitrogens with one attached hydrogen (secondary N) is 1. The Morgan fingerprint density at radius 3 is 2.60 bits per heavy atom. The zero-order chi connectivity index (χ0) is 24.4. The van der Waals surface area contributed by atoms with E-state index in [0.29, 0.717) is 12.1 Å². The van der Waals surface area contributed by atoms with E-state index in [9.17, 15) is 4.79 Å². The van der Waals surface area contributed by atoms with Crippen LogP contribution < -0.4 is 5.56 Å².